The summed E-state index contributed by atoms with van der Waals surface area (Å²) in [5.74, 6) is -0.300. The quantitative estimate of drug-likeness (QED) is 0.700. The van der Waals surface area contributed by atoms with Crippen molar-refractivity contribution in [3.8, 4) is 5.75 Å². The Morgan fingerprint density at radius 1 is 1.23 bits per heavy atom. The lowest BCUT2D eigenvalue weighted by molar-refractivity contribution is -0.135. The van der Waals surface area contributed by atoms with Crippen LogP contribution >= 0.6 is 0 Å². The van der Waals surface area contributed by atoms with Crippen molar-refractivity contribution in [2.45, 2.75) is 31.2 Å². The van der Waals surface area contributed by atoms with Crippen LogP contribution in [0.4, 0.5) is 4.39 Å². The number of amides is 1. The molecule has 1 aliphatic rings. The third kappa shape index (κ3) is 4.82. The van der Waals surface area contributed by atoms with Crippen LogP contribution in [-0.2, 0) is 21.4 Å². The van der Waals surface area contributed by atoms with E-state index in [1.165, 1.54) is 16.4 Å². The number of sulfonamides is 1. The maximum atomic E-state index is 13.2. The van der Waals surface area contributed by atoms with Gasteiger partial charge in [-0.1, -0.05) is 17.7 Å². The Balaban J connectivity index is 1.72. The first-order valence-electron chi connectivity index (χ1n) is 9.86. The average Bonchev–Trinajstić information content (AvgIpc) is 2.73. The molecule has 0 spiro atoms. The lowest BCUT2D eigenvalue weighted by Crippen LogP contribution is -2.45. The summed E-state index contributed by atoms with van der Waals surface area (Å²) in [5.41, 5.74) is 1.97. The minimum absolute atomic E-state index is 0.0369. The Labute approximate surface area is 177 Å². The summed E-state index contributed by atoms with van der Waals surface area (Å²) in [7, 11) is -0.458. The molecule has 0 N–H and O–H groups in total. The molecule has 1 amide bonds. The number of nitrogens with zero attached hydrogens (tertiary/aromatic N) is 2. The van der Waals surface area contributed by atoms with Crippen molar-refractivity contribution in [2.24, 2.45) is 5.92 Å². The van der Waals surface area contributed by atoms with Gasteiger partial charge in [0.15, 0.2) is 0 Å². The van der Waals surface area contributed by atoms with E-state index in [-0.39, 0.29) is 17.3 Å². The molecule has 0 bridgehead atoms. The highest BCUT2D eigenvalue weighted by Crippen LogP contribution is 2.26. The molecule has 0 radical (unpaired) electrons. The lowest BCUT2D eigenvalue weighted by Gasteiger charge is -2.33. The summed E-state index contributed by atoms with van der Waals surface area (Å²) in [6, 6.07) is 10.6. The number of carbonyl (C=O) groups excluding carboxylic acids is 1. The van der Waals surface area contributed by atoms with Crippen LogP contribution in [0.25, 0.3) is 0 Å². The highest BCUT2D eigenvalue weighted by atomic mass is 32.2. The van der Waals surface area contributed by atoms with E-state index in [4.69, 9.17) is 4.74 Å². The highest BCUT2D eigenvalue weighted by Gasteiger charge is 2.34. The van der Waals surface area contributed by atoms with E-state index >= 15 is 0 Å². The molecular weight excluding hydrogens is 407 g/mol. The molecule has 0 saturated carbocycles. The fourth-order valence-corrected chi connectivity index (χ4v) is 5.32. The molecule has 6 nitrogen and oxygen atoms in total. The molecule has 1 heterocycles. The van der Waals surface area contributed by atoms with Gasteiger partial charge in [-0.05, 0) is 50.1 Å². The van der Waals surface area contributed by atoms with Gasteiger partial charge in [0.25, 0.3) is 0 Å². The standard InChI is InChI=1S/C22H27FN2O4S/c1-16-6-11-21(29-3)18(13-16)14-24(2)22(26)17-5-4-12-25(15-17)30(27,28)20-9-7-19(23)8-10-20/h6-11,13,17H,4-5,12,14-15H2,1-3H3. The molecule has 1 aliphatic heterocycles. The predicted octanol–water partition coefficient (Wildman–Crippen LogP) is 3.20. The molecular formula is C22H27FN2O4S. The van der Waals surface area contributed by atoms with E-state index in [1.54, 1.807) is 19.1 Å². The second-order valence-electron chi connectivity index (χ2n) is 7.67. The molecule has 2 aromatic carbocycles. The second-order valence-corrected chi connectivity index (χ2v) is 9.60. The molecule has 2 aromatic rings. The van der Waals surface area contributed by atoms with Gasteiger partial charge in [-0.2, -0.15) is 4.31 Å². The number of aryl methyl sites for hydroxylation is 1. The van der Waals surface area contributed by atoms with Gasteiger partial charge in [-0.15, -0.1) is 0 Å². The minimum Gasteiger partial charge on any atom is -0.496 e. The maximum absolute atomic E-state index is 13.2. The van der Waals surface area contributed by atoms with Crippen molar-refractivity contribution in [2.75, 3.05) is 27.2 Å². The number of piperidine rings is 1. The zero-order valence-electron chi connectivity index (χ0n) is 17.5. The van der Waals surface area contributed by atoms with Gasteiger partial charge in [-0.3, -0.25) is 4.79 Å². The fraction of sp³-hybridized carbons (Fsp3) is 0.409. The zero-order valence-corrected chi connectivity index (χ0v) is 18.3. The lowest BCUT2D eigenvalue weighted by atomic mass is 9.98. The Morgan fingerprint density at radius 2 is 1.93 bits per heavy atom. The van der Waals surface area contributed by atoms with Crippen LogP contribution in [0.5, 0.6) is 5.75 Å². The van der Waals surface area contributed by atoms with E-state index < -0.39 is 21.8 Å². The molecule has 1 saturated heterocycles. The third-order valence-electron chi connectivity index (χ3n) is 5.40. The number of halogens is 1. The van der Waals surface area contributed by atoms with Gasteiger partial charge in [-0.25, -0.2) is 12.8 Å². The average molecular weight is 435 g/mol. The topological polar surface area (TPSA) is 66.9 Å². The minimum atomic E-state index is -3.77. The van der Waals surface area contributed by atoms with Gasteiger partial charge in [0.1, 0.15) is 11.6 Å². The summed E-state index contributed by atoms with van der Waals surface area (Å²) < 4.78 is 45.7. The molecule has 30 heavy (non-hydrogen) atoms. The largest absolute Gasteiger partial charge is 0.496 e. The van der Waals surface area contributed by atoms with Crippen LogP contribution in [0.15, 0.2) is 47.4 Å². The monoisotopic (exact) mass is 434 g/mol. The van der Waals surface area contributed by atoms with Gasteiger partial charge in [0, 0.05) is 32.2 Å². The van der Waals surface area contributed by atoms with Crippen LogP contribution < -0.4 is 4.74 Å². The number of methoxy groups -OCH3 is 1. The SMILES string of the molecule is COc1ccc(C)cc1CN(C)C(=O)C1CCCN(S(=O)(=O)c2ccc(F)cc2)C1. The van der Waals surface area contributed by atoms with E-state index in [2.05, 4.69) is 0 Å². The number of ether oxygens (including phenoxy) is 1. The predicted molar refractivity (Wildman–Crippen MR) is 112 cm³/mol. The maximum Gasteiger partial charge on any atom is 0.243 e. The van der Waals surface area contributed by atoms with E-state index in [0.29, 0.717) is 31.7 Å². The number of hydrogen-bond donors (Lipinski definition) is 0. The van der Waals surface area contributed by atoms with Crippen molar-refractivity contribution in [1.82, 2.24) is 9.21 Å². The van der Waals surface area contributed by atoms with Crippen molar-refractivity contribution in [3.05, 3.63) is 59.4 Å². The van der Waals surface area contributed by atoms with Crippen LogP contribution in [0, 0.1) is 18.7 Å². The van der Waals surface area contributed by atoms with Crippen LogP contribution in [-0.4, -0.2) is 50.8 Å². The summed E-state index contributed by atoms with van der Waals surface area (Å²) in [4.78, 5) is 14.7. The molecule has 1 fully saturated rings. The highest BCUT2D eigenvalue weighted by molar-refractivity contribution is 7.89. The first-order chi connectivity index (χ1) is 14.2. The Hall–Kier alpha value is -2.45. The van der Waals surface area contributed by atoms with Crippen LogP contribution in [0.1, 0.15) is 24.0 Å². The third-order valence-corrected chi connectivity index (χ3v) is 7.28. The molecule has 162 valence electrons. The van der Waals surface area contributed by atoms with Crippen molar-refractivity contribution in [3.63, 3.8) is 0 Å². The van der Waals surface area contributed by atoms with E-state index in [9.17, 15) is 17.6 Å². The first kappa shape index (κ1) is 22.2. The number of benzene rings is 2. The van der Waals surface area contributed by atoms with Gasteiger partial charge in [0.05, 0.1) is 17.9 Å². The van der Waals surface area contributed by atoms with Gasteiger partial charge < -0.3 is 9.64 Å². The van der Waals surface area contributed by atoms with Crippen molar-refractivity contribution >= 4 is 15.9 Å². The molecule has 3 rings (SSSR count). The number of carbonyl (C=O) groups is 1. The molecule has 1 atom stereocenters. The molecule has 0 aliphatic carbocycles. The van der Waals surface area contributed by atoms with Crippen molar-refractivity contribution in [1.29, 1.82) is 0 Å². The van der Waals surface area contributed by atoms with Gasteiger partial charge >= 0.3 is 0 Å². The summed E-state index contributed by atoms with van der Waals surface area (Å²) in [6.45, 7) is 2.82. The normalized spacial score (nSPS) is 17.5. The summed E-state index contributed by atoms with van der Waals surface area (Å²) in [6.07, 6.45) is 1.22. The van der Waals surface area contributed by atoms with Crippen LogP contribution in [0.2, 0.25) is 0 Å². The first-order valence-corrected chi connectivity index (χ1v) is 11.3. The number of hydrogen-bond acceptors (Lipinski definition) is 4. The molecule has 0 aromatic heterocycles. The summed E-state index contributed by atoms with van der Waals surface area (Å²) >= 11 is 0. The van der Waals surface area contributed by atoms with Crippen LogP contribution in [0.3, 0.4) is 0 Å². The fourth-order valence-electron chi connectivity index (χ4n) is 3.79. The smallest absolute Gasteiger partial charge is 0.243 e. The van der Waals surface area contributed by atoms with Crippen molar-refractivity contribution < 1.29 is 22.3 Å². The Bertz CT molecular complexity index is 1010. The Morgan fingerprint density at radius 3 is 2.60 bits per heavy atom. The van der Waals surface area contributed by atoms with Gasteiger partial charge in [0.2, 0.25) is 15.9 Å². The molecule has 8 heteroatoms. The number of rotatable bonds is 6. The van der Waals surface area contributed by atoms with E-state index in [1.807, 2.05) is 25.1 Å². The van der Waals surface area contributed by atoms with E-state index in [0.717, 1.165) is 23.3 Å². The Kier molecular flexibility index (Phi) is 6.77. The second kappa shape index (κ2) is 9.14. The summed E-state index contributed by atoms with van der Waals surface area (Å²) in [5, 5.41) is 0. The molecule has 1 unspecified atom stereocenters. The zero-order chi connectivity index (χ0) is 21.9.